The zero-order valence-electron chi connectivity index (χ0n) is 13.6. The molecule has 0 saturated heterocycles. The molecule has 10 heteroatoms. The first-order valence-electron chi connectivity index (χ1n) is 7.36. The van der Waals surface area contributed by atoms with Gasteiger partial charge in [-0.3, -0.25) is 40.7 Å². The Morgan fingerprint density at radius 2 is 1.62 bits per heavy atom. The maximum absolute atomic E-state index is 12.1. The van der Waals surface area contributed by atoms with Crippen molar-refractivity contribution < 1.29 is 19.4 Å². The van der Waals surface area contributed by atoms with Crippen LogP contribution in [-0.4, -0.2) is 21.7 Å². The van der Waals surface area contributed by atoms with Gasteiger partial charge in [-0.2, -0.15) is 0 Å². The van der Waals surface area contributed by atoms with Crippen molar-refractivity contribution in [2.75, 3.05) is 0 Å². The van der Waals surface area contributed by atoms with Gasteiger partial charge in [-0.1, -0.05) is 18.2 Å². The number of non-ortho nitro benzene ring substituents is 1. The summed E-state index contributed by atoms with van der Waals surface area (Å²) in [4.78, 5) is 44.3. The number of nitro benzene ring substituents is 2. The van der Waals surface area contributed by atoms with Gasteiger partial charge in [0, 0.05) is 23.8 Å². The fourth-order valence-corrected chi connectivity index (χ4v) is 2.23. The Hall–Kier alpha value is -3.82. The van der Waals surface area contributed by atoms with Crippen LogP contribution in [0.15, 0.2) is 42.5 Å². The Labute approximate surface area is 147 Å². The van der Waals surface area contributed by atoms with Crippen molar-refractivity contribution in [3.8, 4) is 0 Å². The van der Waals surface area contributed by atoms with Gasteiger partial charge in [-0.15, -0.1) is 0 Å². The van der Waals surface area contributed by atoms with Gasteiger partial charge < -0.3 is 0 Å². The normalized spacial score (nSPS) is 10.0. The minimum Gasteiger partial charge on any atom is -0.273 e. The van der Waals surface area contributed by atoms with E-state index in [0.717, 1.165) is 0 Å². The predicted octanol–water partition coefficient (Wildman–Crippen LogP) is 1.82. The Bertz CT molecular complexity index is 879. The van der Waals surface area contributed by atoms with Crippen LogP contribution in [-0.2, 0) is 11.2 Å². The van der Waals surface area contributed by atoms with Gasteiger partial charge in [-0.05, 0) is 18.6 Å². The molecule has 0 bridgehead atoms. The SMILES string of the molecule is Cc1c(C(=O)NNC(=O)Cc2ccc([N+](=O)[O-])cc2)cccc1[N+](=O)[O-]. The van der Waals surface area contributed by atoms with Gasteiger partial charge >= 0.3 is 0 Å². The molecule has 2 amide bonds. The molecule has 0 radical (unpaired) electrons. The highest BCUT2D eigenvalue weighted by atomic mass is 16.6. The van der Waals surface area contributed by atoms with Crippen LogP contribution < -0.4 is 10.9 Å². The number of amides is 2. The number of carbonyl (C=O) groups is 2. The third kappa shape index (κ3) is 4.38. The Kier molecular flexibility index (Phi) is 5.58. The second-order valence-corrected chi connectivity index (χ2v) is 5.31. The van der Waals surface area contributed by atoms with Crippen molar-refractivity contribution >= 4 is 23.2 Å². The molecule has 26 heavy (non-hydrogen) atoms. The van der Waals surface area contributed by atoms with Crippen molar-refractivity contribution in [3.63, 3.8) is 0 Å². The Morgan fingerprint density at radius 1 is 0.962 bits per heavy atom. The smallest absolute Gasteiger partial charge is 0.273 e. The Balaban J connectivity index is 1.97. The van der Waals surface area contributed by atoms with E-state index in [9.17, 15) is 29.8 Å². The topological polar surface area (TPSA) is 144 Å². The minimum atomic E-state index is -0.691. The molecule has 0 fully saturated rings. The van der Waals surface area contributed by atoms with E-state index in [0.29, 0.717) is 5.56 Å². The summed E-state index contributed by atoms with van der Waals surface area (Å²) in [5.74, 6) is -1.24. The van der Waals surface area contributed by atoms with Gasteiger partial charge in [-0.25, -0.2) is 0 Å². The average molecular weight is 358 g/mol. The molecular weight excluding hydrogens is 344 g/mol. The molecule has 0 aromatic heterocycles. The predicted molar refractivity (Wildman–Crippen MR) is 90.2 cm³/mol. The number of hydrogen-bond donors (Lipinski definition) is 2. The number of hydrazine groups is 1. The first kappa shape index (κ1) is 18.5. The number of benzene rings is 2. The van der Waals surface area contributed by atoms with E-state index in [1.165, 1.54) is 49.4 Å². The van der Waals surface area contributed by atoms with Crippen molar-refractivity contribution in [1.29, 1.82) is 0 Å². The fourth-order valence-electron chi connectivity index (χ4n) is 2.23. The lowest BCUT2D eigenvalue weighted by atomic mass is 10.1. The minimum absolute atomic E-state index is 0.0647. The second kappa shape index (κ2) is 7.83. The second-order valence-electron chi connectivity index (χ2n) is 5.31. The lowest BCUT2D eigenvalue weighted by molar-refractivity contribution is -0.385. The van der Waals surface area contributed by atoms with Crippen molar-refractivity contribution in [2.24, 2.45) is 0 Å². The van der Waals surface area contributed by atoms with E-state index in [1.54, 1.807) is 0 Å². The molecule has 0 aliphatic rings. The van der Waals surface area contributed by atoms with E-state index in [2.05, 4.69) is 10.9 Å². The van der Waals surface area contributed by atoms with E-state index in [4.69, 9.17) is 0 Å². The molecule has 0 saturated carbocycles. The summed E-state index contributed by atoms with van der Waals surface area (Å²) in [6, 6.07) is 9.47. The van der Waals surface area contributed by atoms with Gasteiger partial charge in [0.2, 0.25) is 5.91 Å². The summed E-state index contributed by atoms with van der Waals surface area (Å²) in [5, 5.41) is 21.5. The molecule has 0 unspecified atom stereocenters. The highest BCUT2D eigenvalue weighted by molar-refractivity contribution is 5.97. The maximum atomic E-state index is 12.1. The summed E-state index contributed by atoms with van der Waals surface area (Å²) < 4.78 is 0. The molecule has 0 spiro atoms. The molecule has 134 valence electrons. The molecule has 2 N–H and O–H groups in total. The summed E-state index contributed by atoms with van der Waals surface area (Å²) >= 11 is 0. The van der Waals surface area contributed by atoms with E-state index < -0.39 is 21.7 Å². The number of carbonyl (C=O) groups excluding carboxylic acids is 2. The van der Waals surface area contributed by atoms with Crippen LogP contribution in [0.4, 0.5) is 11.4 Å². The van der Waals surface area contributed by atoms with Gasteiger partial charge in [0.15, 0.2) is 0 Å². The zero-order chi connectivity index (χ0) is 19.3. The average Bonchev–Trinajstić information content (AvgIpc) is 2.60. The molecule has 2 rings (SSSR count). The first-order valence-corrected chi connectivity index (χ1v) is 7.36. The quantitative estimate of drug-likeness (QED) is 0.616. The zero-order valence-corrected chi connectivity index (χ0v) is 13.6. The third-order valence-electron chi connectivity index (χ3n) is 3.57. The van der Waals surface area contributed by atoms with Gasteiger partial charge in [0.25, 0.3) is 17.3 Å². The van der Waals surface area contributed by atoms with Crippen LogP contribution in [0.2, 0.25) is 0 Å². The summed E-state index contributed by atoms with van der Waals surface area (Å²) in [6.45, 7) is 1.44. The van der Waals surface area contributed by atoms with Crippen molar-refractivity contribution in [2.45, 2.75) is 13.3 Å². The van der Waals surface area contributed by atoms with Crippen LogP contribution in [0.5, 0.6) is 0 Å². The highest BCUT2D eigenvalue weighted by Crippen LogP contribution is 2.20. The van der Waals surface area contributed by atoms with Gasteiger partial charge in [0.05, 0.1) is 21.8 Å². The summed E-state index contributed by atoms with van der Waals surface area (Å²) in [7, 11) is 0. The summed E-state index contributed by atoms with van der Waals surface area (Å²) in [6.07, 6.45) is -0.105. The van der Waals surface area contributed by atoms with Crippen LogP contribution in [0.3, 0.4) is 0 Å². The molecule has 0 heterocycles. The molecule has 0 atom stereocenters. The molecule has 2 aromatic rings. The molecule has 2 aromatic carbocycles. The number of hydrogen-bond acceptors (Lipinski definition) is 6. The lowest BCUT2D eigenvalue weighted by Crippen LogP contribution is -2.42. The summed E-state index contributed by atoms with van der Waals surface area (Å²) in [5.41, 5.74) is 4.86. The molecular formula is C16H14N4O6. The van der Waals surface area contributed by atoms with Crippen LogP contribution in [0, 0.1) is 27.2 Å². The monoisotopic (exact) mass is 358 g/mol. The number of rotatable bonds is 5. The first-order chi connectivity index (χ1) is 12.3. The van der Waals surface area contributed by atoms with Gasteiger partial charge in [0.1, 0.15) is 0 Å². The van der Waals surface area contributed by atoms with E-state index in [1.807, 2.05) is 0 Å². The van der Waals surface area contributed by atoms with Crippen molar-refractivity contribution in [3.05, 3.63) is 79.4 Å². The Morgan fingerprint density at radius 3 is 2.19 bits per heavy atom. The standard InChI is InChI=1S/C16H14N4O6/c1-10-13(3-2-4-14(10)20(25)26)16(22)18-17-15(21)9-11-5-7-12(8-6-11)19(23)24/h2-8H,9H2,1H3,(H,17,21)(H,18,22). The van der Waals surface area contributed by atoms with Crippen LogP contribution >= 0.6 is 0 Å². The number of nitrogens with one attached hydrogen (secondary N) is 2. The molecule has 10 nitrogen and oxygen atoms in total. The van der Waals surface area contributed by atoms with Crippen LogP contribution in [0.1, 0.15) is 21.5 Å². The van der Waals surface area contributed by atoms with Crippen LogP contribution in [0.25, 0.3) is 0 Å². The lowest BCUT2D eigenvalue weighted by Gasteiger charge is -2.09. The van der Waals surface area contributed by atoms with Crippen molar-refractivity contribution in [1.82, 2.24) is 10.9 Å². The largest absolute Gasteiger partial charge is 0.273 e. The molecule has 0 aliphatic carbocycles. The maximum Gasteiger partial charge on any atom is 0.273 e. The molecule has 0 aliphatic heterocycles. The number of nitro groups is 2. The number of nitrogens with zero attached hydrogens (tertiary/aromatic N) is 2. The fraction of sp³-hybridized carbons (Fsp3) is 0.125. The highest BCUT2D eigenvalue weighted by Gasteiger charge is 2.18. The van der Waals surface area contributed by atoms with E-state index in [-0.39, 0.29) is 28.9 Å². The van der Waals surface area contributed by atoms with E-state index >= 15 is 0 Å². The third-order valence-corrected chi connectivity index (χ3v) is 3.57.